The second-order valence-electron chi connectivity index (χ2n) is 6.10. The molecule has 0 amide bonds. The van der Waals surface area contributed by atoms with Crippen LogP contribution in [0.1, 0.15) is 22.9 Å². The van der Waals surface area contributed by atoms with Gasteiger partial charge in [0.25, 0.3) is 5.71 Å². The van der Waals surface area contributed by atoms with Gasteiger partial charge in [-0.25, -0.2) is 18.1 Å². The molecule has 1 atom stereocenters. The minimum atomic E-state index is -3.67. The minimum absolute atomic E-state index is 0. The number of aromatic nitrogens is 2. The van der Waals surface area contributed by atoms with E-state index in [1.807, 2.05) is 18.2 Å². The van der Waals surface area contributed by atoms with Gasteiger partial charge in [-0.15, -0.1) is 12.4 Å². The Kier molecular flexibility index (Phi) is 5.29. The van der Waals surface area contributed by atoms with E-state index in [-0.39, 0.29) is 29.9 Å². The van der Waals surface area contributed by atoms with Crippen molar-refractivity contribution in [3.63, 3.8) is 0 Å². The van der Waals surface area contributed by atoms with E-state index in [9.17, 15) is 8.42 Å². The molecule has 0 saturated carbocycles. The molecule has 1 aliphatic heterocycles. The van der Waals surface area contributed by atoms with Crippen molar-refractivity contribution in [2.75, 3.05) is 13.1 Å². The molecule has 7 nitrogen and oxygen atoms in total. The van der Waals surface area contributed by atoms with Crippen molar-refractivity contribution in [2.24, 2.45) is 0 Å². The zero-order valence-electron chi connectivity index (χ0n) is 14.1. The predicted octanol–water partition coefficient (Wildman–Crippen LogP) is 2.12. The number of aryl methyl sites for hydroxylation is 1. The third kappa shape index (κ3) is 3.45. The molecule has 26 heavy (non-hydrogen) atoms. The van der Waals surface area contributed by atoms with Crippen LogP contribution in [0.15, 0.2) is 45.9 Å². The van der Waals surface area contributed by atoms with Gasteiger partial charge in [0.05, 0.1) is 17.3 Å². The first-order valence-corrected chi connectivity index (χ1v) is 9.56. The van der Waals surface area contributed by atoms with Crippen LogP contribution < -0.4 is 10.0 Å². The Bertz CT molecular complexity index is 1040. The smallest absolute Gasteiger partial charge is 0.257 e. The topological polar surface area (TPSA) is 97.1 Å². The van der Waals surface area contributed by atoms with E-state index < -0.39 is 10.0 Å². The highest BCUT2D eigenvalue weighted by Crippen LogP contribution is 2.23. The summed E-state index contributed by atoms with van der Waals surface area (Å²) in [5.41, 5.74) is 3.34. The molecule has 9 heteroatoms. The van der Waals surface area contributed by atoms with E-state index in [2.05, 4.69) is 26.2 Å². The van der Waals surface area contributed by atoms with Crippen molar-refractivity contribution < 1.29 is 12.9 Å². The summed E-state index contributed by atoms with van der Waals surface area (Å²) >= 11 is 0. The third-order valence-electron chi connectivity index (χ3n) is 4.49. The van der Waals surface area contributed by atoms with Crippen LogP contribution in [0.2, 0.25) is 0 Å². The molecule has 2 aromatic heterocycles. The number of rotatable bonds is 4. The highest BCUT2D eigenvalue weighted by Gasteiger charge is 2.23. The van der Waals surface area contributed by atoms with Crippen molar-refractivity contribution >= 4 is 33.5 Å². The van der Waals surface area contributed by atoms with Gasteiger partial charge in [-0.1, -0.05) is 29.4 Å². The lowest BCUT2D eigenvalue weighted by Gasteiger charge is -2.27. The Hall–Kier alpha value is -2.00. The minimum Gasteiger partial charge on any atom is -0.336 e. The molecule has 1 aromatic carbocycles. The molecule has 0 saturated heterocycles. The largest absolute Gasteiger partial charge is 0.336 e. The second kappa shape index (κ2) is 7.32. The fourth-order valence-electron chi connectivity index (χ4n) is 3.12. The normalized spacial score (nSPS) is 16.9. The third-order valence-corrected chi connectivity index (χ3v) is 5.88. The van der Waals surface area contributed by atoms with E-state index in [1.165, 1.54) is 11.8 Å². The van der Waals surface area contributed by atoms with Gasteiger partial charge in [0, 0.05) is 12.6 Å². The molecular weight excluding hydrogens is 376 g/mol. The maximum atomic E-state index is 12.6. The van der Waals surface area contributed by atoms with Crippen LogP contribution >= 0.6 is 12.4 Å². The summed E-state index contributed by atoms with van der Waals surface area (Å²) in [7, 11) is -3.67. The average molecular weight is 395 g/mol. The number of fused-ring (bicyclic) bond motifs is 2. The number of nitrogens with zero attached hydrogens (tertiary/aromatic N) is 2. The molecule has 0 aliphatic carbocycles. The predicted molar refractivity (Wildman–Crippen MR) is 99.9 cm³/mol. The fourth-order valence-corrected chi connectivity index (χ4v) is 4.14. The van der Waals surface area contributed by atoms with E-state index in [4.69, 9.17) is 4.52 Å². The van der Waals surface area contributed by atoms with Gasteiger partial charge < -0.3 is 9.84 Å². The van der Waals surface area contributed by atoms with Gasteiger partial charge >= 0.3 is 0 Å². The molecule has 0 spiro atoms. The van der Waals surface area contributed by atoms with Gasteiger partial charge in [0.1, 0.15) is 4.90 Å². The Labute approximate surface area is 157 Å². The highest BCUT2D eigenvalue weighted by molar-refractivity contribution is 7.89. The second-order valence-corrected chi connectivity index (χ2v) is 7.87. The quantitative estimate of drug-likeness (QED) is 0.703. The fraction of sp³-hybridized carbons (Fsp3) is 0.294. The molecule has 2 N–H and O–H groups in total. The van der Waals surface area contributed by atoms with Crippen molar-refractivity contribution in [3.05, 3.63) is 53.3 Å². The molecule has 3 heterocycles. The van der Waals surface area contributed by atoms with Crippen LogP contribution in [0.5, 0.6) is 0 Å². The Morgan fingerprint density at radius 1 is 1.35 bits per heavy atom. The zero-order chi connectivity index (χ0) is 17.4. The molecule has 1 aliphatic rings. The lowest BCUT2D eigenvalue weighted by molar-refractivity contribution is 0.442. The van der Waals surface area contributed by atoms with E-state index in [1.54, 1.807) is 13.0 Å². The van der Waals surface area contributed by atoms with Gasteiger partial charge in [0.15, 0.2) is 0 Å². The van der Waals surface area contributed by atoms with Gasteiger partial charge in [0.2, 0.25) is 10.0 Å². The van der Waals surface area contributed by atoms with Crippen LogP contribution in [-0.2, 0) is 16.4 Å². The van der Waals surface area contributed by atoms with Crippen LogP contribution in [0.3, 0.4) is 0 Å². The molecule has 138 valence electrons. The van der Waals surface area contributed by atoms with Crippen LogP contribution in [0, 0.1) is 6.92 Å². The van der Waals surface area contributed by atoms with Crippen molar-refractivity contribution in [1.29, 1.82) is 0 Å². The first-order valence-electron chi connectivity index (χ1n) is 8.07. The van der Waals surface area contributed by atoms with Gasteiger partial charge in [-0.2, -0.15) is 0 Å². The van der Waals surface area contributed by atoms with Crippen LogP contribution in [0.25, 0.3) is 11.1 Å². The summed E-state index contributed by atoms with van der Waals surface area (Å²) < 4.78 is 33.0. The lowest BCUT2D eigenvalue weighted by Crippen LogP contribution is -2.38. The maximum absolute atomic E-state index is 12.6. The Balaban J connectivity index is 0.00000196. The first-order chi connectivity index (χ1) is 12.0. The lowest BCUT2D eigenvalue weighted by atomic mass is 9.95. The average Bonchev–Trinajstić information content (AvgIpc) is 3.00. The summed E-state index contributed by atoms with van der Waals surface area (Å²) in [6, 6.07) is 9.60. The molecule has 4 rings (SSSR count). The monoisotopic (exact) mass is 394 g/mol. The molecule has 0 radical (unpaired) electrons. The van der Waals surface area contributed by atoms with E-state index in [0.29, 0.717) is 16.8 Å². The number of pyridine rings is 1. The van der Waals surface area contributed by atoms with E-state index in [0.717, 1.165) is 18.5 Å². The number of benzene rings is 1. The van der Waals surface area contributed by atoms with E-state index >= 15 is 0 Å². The summed E-state index contributed by atoms with van der Waals surface area (Å²) in [5.74, 6) is 0. The molecule has 0 bridgehead atoms. The summed E-state index contributed by atoms with van der Waals surface area (Å²) in [4.78, 5) is 4.14. The number of hydrogen-bond acceptors (Lipinski definition) is 6. The SMILES string of the molecule is Cc1noc2ncc(S(=O)(=O)NCC3NCCc4ccccc43)cc12.Cl. The standard InChI is InChI=1S/C17H18N4O3S.ClH/c1-11-15-8-13(9-19-17(15)24-21-11)25(22,23)20-10-16-14-5-3-2-4-12(14)6-7-18-16;/h2-5,8-9,16,18,20H,6-7,10H2,1H3;1H. The van der Waals surface area contributed by atoms with Gasteiger partial charge in [-0.05, 0) is 37.1 Å². The zero-order valence-corrected chi connectivity index (χ0v) is 15.7. The number of hydrogen-bond donors (Lipinski definition) is 2. The van der Waals surface area contributed by atoms with Crippen LogP contribution in [-0.4, -0.2) is 31.6 Å². The first kappa shape index (κ1) is 18.8. The number of halogens is 1. The van der Waals surface area contributed by atoms with Crippen molar-refractivity contribution in [2.45, 2.75) is 24.3 Å². The number of sulfonamides is 1. The number of nitrogens with one attached hydrogen (secondary N) is 2. The summed E-state index contributed by atoms with van der Waals surface area (Å²) in [6.45, 7) is 2.86. The molecule has 1 unspecified atom stereocenters. The molecule has 0 fully saturated rings. The molecule has 3 aromatic rings. The highest BCUT2D eigenvalue weighted by atomic mass is 35.5. The summed E-state index contributed by atoms with van der Waals surface area (Å²) in [5, 5.41) is 7.77. The Morgan fingerprint density at radius 3 is 3.00 bits per heavy atom. The Morgan fingerprint density at radius 2 is 2.15 bits per heavy atom. The summed E-state index contributed by atoms with van der Waals surface area (Å²) in [6.07, 6.45) is 2.24. The van der Waals surface area contributed by atoms with Crippen molar-refractivity contribution in [1.82, 2.24) is 20.2 Å². The van der Waals surface area contributed by atoms with Crippen molar-refractivity contribution in [3.8, 4) is 0 Å². The maximum Gasteiger partial charge on any atom is 0.257 e. The van der Waals surface area contributed by atoms with Gasteiger partial charge in [-0.3, -0.25) is 0 Å². The molecular formula is C17H19ClN4O3S. The van der Waals surface area contributed by atoms with Crippen LogP contribution in [0.4, 0.5) is 0 Å².